The Balaban J connectivity index is 0.000000196. The van der Waals surface area contributed by atoms with E-state index in [9.17, 15) is 0 Å². The van der Waals surface area contributed by atoms with Gasteiger partial charge in [0.1, 0.15) is 11.2 Å². The van der Waals surface area contributed by atoms with Crippen LogP contribution in [-0.2, 0) is 6.54 Å². The summed E-state index contributed by atoms with van der Waals surface area (Å²) >= 11 is 0. The van der Waals surface area contributed by atoms with Crippen LogP contribution in [0.5, 0.6) is 0 Å². The van der Waals surface area contributed by atoms with E-state index in [0.29, 0.717) is 6.54 Å². The number of para-hydroxylation sites is 2. The van der Waals surface area contributed by atoms with Gasteiger partial charge in [-0.05, 0) is 116 Å². The normalized spacial score (nSPS) is 10.6. The molecule has 5 heteroatoms. The Bertz CT molecular complexity index is 2720. The fraction of sp³-hybridized carbons (Fsp3) is 0.183. The molecule has 1 aromatic heterocycles. The molecule has 0 spiro atoms. The van der Waals surface area contributed by atoms with Crippen molar-refractivity contribution in [2.75, 3.05) is 7.05 Å². The van der Waals surface area contributed by atoms with Crippen LogP contribution in [0.3, 0.4) is 0 Å². The third-order valence-electron chi connectivity index (χ3n) is 10.9. The summed E-state index contributed by atoms with van der Waals surface area (Å²) in [7, 11) is 1.50. The summed E-state index contributed by atoms with van der Waals surface area (Å²) in [4.78, 5) is 4.18. The summed E-state index contributed by atoms with van der Waals surface area (Å²) in [5.41, 5.74) is 32.9. The number of nitrogens with two attached hydrogens (primary N) is 3. The van der Waals surface area contributed by atoms with Crippen molar-refractivity contribution in [2.24, 2.45) is 22.2 Å². The van der Waals surface area contributed by atoms with Crippen molar-refractivity contribution in [3.63, 3.8) is 0 Å². The van der Waals surface area contributed by atoms with Gasteiger partial charge in [0.15, 0.2) is 0 Å². The third kappa shape index (κ3) is 13.8. The van der Waals surface area contributed by atoms with E-state index >= 15 is 0 Å². The van der Waals surface area contributed by atoms with Crippen LogP contribution in [0.1, 0.15) is 77.4 Å². The first-order valence-electron chi connectivity index (χ1n) is 22.5. The van der Waals surface area contributed by atoms with E-state index < -0.39 is 0 Å². The molecule has 334 valence electrons. The van der Waals surface area contributed by atoms with Gasteiger partial charge in [-0.25, -0.2) is 0 Å². The second kappa shape index (κ2) is 26.7. The molecule has 0 aliphatic rings. The van der Waals surface area contributed by atoms with Crippen LogP contribution in [0.15, 0.2) is 204 Å². The molecule has 1 atom stereocenters. The second-order valence-corrected chi connectivity index (χ2v) is 15.3. The largest absolute Gasteiger partial charge is 0.456 e. The van der Waals surface area contributed by atoms with Crippen LogP contribution in [-0.4, -0.2) is 13.8 Å². The highest BCUT2D eigenvalue weighted by atomic mass is 16.3. The number of hydrogen-bond acceptors (Lipinski definition) is 5. The molecule has 0 saturated carbocycles. The Kier molecular flexibility index (Phi) is 20.8. The van der Waals surface area contributed by atoms with Gasteiger partial charge in [0.05, 0.1) is 6.04 Å². The van der Waals surface area contributed by atoms with Gasteiger partial charge in [0.2, 0.25) is 0 Å². The summed E-state index contributed by atoms with van der Waals surface area (Å²) in [6, 6.07) is 66.6. The van der Waals surface area contributed by atoms with E-state index in [1.165, 1.54) is 84.6 Å². The fourth-order valence-corrected chi connectivity index (χ4v) is 7.57. The average molecular weight is 861 g/mol. The van der Waals surface area contributed by atoms with Crippen molar-refractivity contribution >= 4 is 28.7 Å². The van der Waals surface area contributed by atoms with Gasteiger partial charge < -0.3 is 21.6 Å². The number of nitrogens with zero attached hydrogens (tertiary/aromatic N) is 1. The first-order valence-corrected chi connectivity index (χ1v) is 22.5. The standard InChI is InChI=1S/C23H25N.C14H13N.C13H10O.C7H9N.C2H6.CH5N/c1-15-9-11-19(12-10-15)22-14-13-21(18(4)24)17(3)23(22)20-8-6-5-7-16(20)2;1-15-14(12-8-4-2-5-9-12)13-10-6-3-7-11-13;1-9-5-4-7-11-10-6-2-3-8-12(10)14-13(9)11;8-6-7-4-2-1-3-5-7;2*1-2/h5-14,18H,24H2,1-4H3;2-11,14H,1H2;2-8H,1H3;1-5H,6,8H2;1-2H3;2H2,1H3. The van der Waals surface area contributed by atoms with Crippen molar-refractivity contribution in [3.8, 4) is 22.3 Å². The lowest BCUT2D eigenvalue weighted by Crippen LogP contribution is -2.08. The molecule has 0 bridgehead atoms. The van der Waals surface area contributed by atoms with Crippen molar-refractivity contribution in [3.05, 3.63) is 239 Å². The predicted molar refractivity (Wildman–Crippen MR) is 283 cm³/mol. The van der Waals surface area contributed by atoms with Crippen molar-refractivity contribution in [1.29, 1.82) is 0 Å². The quantitative estimate of drug-likeness (QED) is 0.139. The van der Waals surface area contributed by atoms with Gasteiger partial charge in [0, 0.05) is 23.4 Å². The van der Waals surface area contributed by atoms with Crippen LogP contribution in [0.25, 0.3) is 44.2 Å². The Labute approximate surface area is 388 Å². The Morgan fingerprint density at radius 2 is 1.05 bits per heavy atom. The van der Waals surface area contributed by atoms with E-state index in [1.807, 2.05) is 98.8 Å². The van der Waals surface area contributed by atoms with E-state index in [2.05, 4.69) is 161 Å². The molecule has 6 N–H and O–H groups in total. The van der Waals surface area contributed by atoms with E-state index in [1.54, 1.807) is 0 Å². The molecule has 0 fully saturated rings. The van der Waals surface area contributed by atoms with Crippen molar-refractivity contribution < 1.29 is 4.42 Å². The van der Waals surface area contributed by atoms with Crippen LogP contribution in [0, 0.1) is 27.7 Å². The molecule has 9 aromatic rings. The molecular weight excluding hydrogens is 793 g/mol. The summed E-state index contributed by atoms with van der Waals surface area (Å²) in [6.45, 7) is 18.9. The SMILES string of the molecule is C=NC(c1ccccc1)c1ccccc1.CC.CN.Cc1ccc(-c2ccc(C(C)N)c(C)c2-c2ccccc2C)cc1.Cc1cccc2c1oc1ccccc12.NCc1ccccc1. The highest BCUT2D eigenvalue weighted by Crippen LogP contribution is 2.39. The minimum atomic E-state index is 0.0276. The zero-order valence-electron chi connectivity index (χ0n) is 39.6. The lowest BCUT2D eigenvalue weighted by atomic mass is 9.85. The Morgan fingerprint density at radius 1 is 0.538 bits per heavy atom. The molecule has 0 aliphatic carbocycles. The summed E-state index contributed by atoms with van der Waals surface area (Å²) in [5.74, 6) is 0. The minimum Gasteiger partial charge on any atom is -0.456 e. The lowest BCUT2D eigenvalue weighted by Gasteiger charge is -2.20. The second-order valence-electron chi connectivity index (χ2n) is 15.3. The van der Waals surface area contributed by atoms with Gasteiger partial charge in [-0.2, -0.15) is 0 Å². The number of rotatable bonds is 7. The number of fused-ring (bicyclic) bond motifs is 3. The molecule has 5 nitrogen and oxygen atoms in total. The van der Waals surface area contributed by atoms with Gasteiger partial charge in [-0.1, -0.05) is 207 Å². The lowest BCUT2D eigenvalue weighted by molar-refractivity contribution is 0.666. The van der Waals surface area contributed by atoms with E-state index in [0.717, 1.165) is 11.2 Å². The van der Waals surface area contributed by atoms with Gasteiger partial charge in [0.25, 0.3) is 0 Å². The van der Waals surface area contributed by atoms with Crippen LogP contribution >= 0.6 is 0 Å². The Hall–Kier alpha value is -6.89. The average Bonchev–Trinajstić information content (AvgIpc) is 3.75. The highest BCUT2D eigenvalue weighted by molar-refractivity contribution is 6.05. The molecule has 0 saturated heterocycles. The maximum absolute atomic E-state index is 6.21. The van der Waals surface area contributed by atoms with Gasteiger partial charge in [-0.15, -0.1) is 0 Å². The van der Waals surface area contributed by atoms with Crippen LogP contribution < -0.4 is 17.2 Å². The number of aryl methyl sites for hydroxylation is 3. The fourth-order valence-electron chi connectivity index (χ4n) is 7.57. The molecule has 9 rings (SSSR count). The summed E-state index contributed by atoms with van der Waals surface area (Å²) in [6.07, 6.45) is 0. The van der Waals surface area contributed by atoms with E-state index in [-0.39, 0.29) is 12.1 Å². The topological polar surface area (TPSA) is 104 Å². The minimum absolute atomic E-state index is 0.0276. The van der Waals surface area contributed by atoms with E-state index in [4.69, 9.17) is 15.9 Å². The first-order chi connectivity index (χ1) is 31.7. The zero-order valence-corrected chi connectivity index (χ0v) is 39.6. The molecule has 0 amide bonds. The maximum atomic E-state index is 6.21. The molecule has 1 heterocycles. The number of hydrogen-bond donors (Lipinski definition) is 3. The van der Waals surface area contributed by atoms with Crippen LogP contribution in [0.4, 0.5) is 0 Å². The smallest absolute Gasteiger partial charge is 0.138 e. The molecule has 0 radical (unpaired) electrons. The molecule has 65 heavy (non-hydrogen) atoms. The molecular formula is C60H68N4O. The third-order valence-corrected chi connectivity index (χ3v) is 10.9. The first kappa shape index (κ1) is 50.8. The van der Waals surface area contributed by atoms with Gasteiger partial charge in [-0.3, -0.25) is 4.99 Å². The summed E-state index contributed by atoms with van der Waals surface area (Å²) in [5, 5.41) is 2.41. The zero-order chi connectivity index (χ0) is 47.1. The monoisotopic (exact) mass is 861 g/mol. The predicted octanol–water partition coefficient (Wildman–Crippen LogP) is 15.1. The molecule has 1 unspecified atom stereocenters. The maximum Gasteiger partial charge on any atom is 0.138 e. The Morgan fingerprint density at radius 3 is 1.58 bits per heavy atom. The number of benzene rings is 8. The van der Waals surface area contributed by atoms with Crippen LogP contribution in [0.2, 0.25) is 0 Å². The molecule has 0 aliphatic heterocycles. The summed E-state index contributed by atoms with van der Waals surface area (Å²) < 4.78 is 5.78. The molecule has 8 aromatic carbocycles. The number of aliphatic imine (C=N–C) groups is 1. The van der Waals surface area contributed by atoms with Gasteiger partial charge >= 0.3 is 0 Å². The number of furan rings is 1. The highest BCUT2D eigenvalue weighted by Gasteiger charge is 2.17. The van der Waals surface area contributed by atoms with Crippen molar-refractivity contribution in [1.82, 2.24) is 0 Å². The van der Waals surface area contributed by atoms with Crippen molar-refractivity contribution in [2.45, 2.75) is 67.1 Å².